The van der Waals surface area contributed by atoms with E-state index >= 15 is 0 Å². The molecule has 3 aromatic carbocycles. The molecule has 1 aliphatic carbocycles. The van der Waals surface area contributed by atoms with Gasteiger partial charge in [0, 0.05) is 21.7 Å². The molecule has 3 heterocycles. The fourth-order valence-corrected chi connectivity index (χ4v) is 6.46. The Morgan fingerprint density at radius 1 is 0.865 bits per heavy atom. The van der Waals surface area contributed by atoms with E-state index in [1.165, 1.54) is 6.26 Å². The first-order valence-electron chi connectivity index (χ1n) is 12.0. The van der Waals surface area contributed by atoms with Crippen LogP contribution in [-0.4, -0.2) is 34.6 Å². The first kappa shape index (κ1) is 21.9. The zero-order valence-corrected chi connectivity index (χ0v) is 20.1. The molecule has 0 radical (unpaired) electrons. The van der Waals surface area contributed by atoms with E-state index in [1.807, 2.05) is 24.3 Å². The minimum Gasteiger partial charge on any atom is -0.469 e. The maximum atomic E-state index is 14.5. The van der Waals surface area contributed by atoms with Crippen LogP contribution in [0.2, 0.25) is 5.02 Å². The van der Waals surface area contributed by atoms with Crippen molar-refractivity contribution in [3.8, 4) is 0 Å². The van der Waals surface area contributed by atoms with Crippen LogP contribution in [0.5, 0.6) is 0 Å². The summed E-state index contributed by atoms with van der Waals surface area (Å²) in [5.74, 6) is -1.42. The number of hydrazone groups is 1. The van der Waals surface area contributed by atoms with Crippen LogP contribution in [0.4, 0.5) is 0 Å². The van der Waals surface area contributed by atoms with Crippen LogP contribution in [0.15, 0.2) is 101 Å². The van der Waals surface area contributed by atoms with Gasteiger partial charge in [-0.2, -0.15) is 5.10 Å². The van der Waals surface area contributed by atoms with Gasteiger partial charge in [0.05, 0.1) is 24.4 Å². The summed E-state index contributed by atoms with van der Waals surface area (Å²) in [6.45, 7) is 0. The van der Waals surface area contributed by atoms with Crippen LogP contribution in [0, 0.1) is 5.41 Å². The Labute approximate surface area is 217 Å². The van der Waals surface area contributed by atoms with Crippen molar-refractivity contribution in [1.29, 1.82) is 0 Å². The highest BCUT2D eigenvalue weighted by Gasteiger charge is 2.73. The highest BCUT2D eigenvalue weighted by molar-refractivity contribution is 6.32. The van der Waals surface area contributed by atoms with E-state index in [4.69, 9.17) is 21.1 Å². The van der Waals surface area contributed by atoms with Gasteiger partial charge in [-0.3, -0.25) is 19.4 Å². The second kappa shape index (κ2) is 7.85. The van der Waals surface area contributed by atoms with Crippen molar-refractivity contribution in [2.24, 2.45) is 10.5 Å². The molecule has 6 nitrogen and oxygen atoms in total. The second-order valence-corrected chi connectivity index (χ2v) is 9.97. The number of Topliss-reactive ketones (excluding diaryl/α,β-unsaturated/α-hetero) is 3. The van der Waals surface area contributed by atoms with E-state index in [0.29, 0.717) is 27.5 Å². The van der Waals surface area contributed by atoms with Crippen molar-refractivity contribution in [1.82, 2.24) is 5.01 Å². The number of carbonyl (C=O) groups excluding carboxylic acids is 3. The van der Waals surface area contributed by atoms with Gasteiger partial charge in [0.15, 0.2) is 17.3 Å². The third-order valence-electron chi connectivity index (χ3n) is 7.82. The number of hydrogen-bond acceptors (Lipinski definition) is 6. The van der Waals surface area contributed by atoms with Crippen molar-refractivity contribution in [2.75, 3.05) is 0 Å². The normalized spacial score (nSPS) is 22.7. The maximum absolute atomic E-state index is 14.5. The van der Waals surface area contributed by atoms with Crippen molar-refractivity contribution in [2.45, 2.75) is 18.0 Å². The Bertz CT molecular complexity index is 1590. The number of rotatable bonds is 3. The average molecular weight is 507 g/mol. The molecule has 1 spiro atoms. The van der Waals surface area contributed by atoms with Crippen molar-refractivity contribution in [3.63, 3.8) is 0 Å². The molecule has 7 heteroatoms. The largest absolute Gasteiger partial charge is 0.469 e. The summed E-state index contributed by atoms with van der Waals surface area (Å²) in [7, 11) is 0. The maximum Gasteiger partial charge on any atom is 0.187 e. The van der Waals surface area contributed by atoms with E-state index in [2.05, 4.69) is 0 Å². The molecule has 1 aromatic heterocycles. The lowest BCUT2D eigenvalue weighted by molar-refractivity contribution is 0.0579. The number of carbonyl (C=O) groups is 3. The fraction of sp³-hybridized carbons (Fsp3) is 0.133. The van der Waals surface area contributed by atoms with Gasteiger partial charge in [0.2, 0.25) is 0 Å². The summed E-state index contributed by atoms with van der Waals surface area (Å²) in [6, 6.07) is 22.7. The van der Waals surface area contributed by atoms with Gasteiger partial charge >= 0.3 is 0 Å². The van der Waals surface area contributed by atoms with Gasteiger partial charge in [-0.05, 0) is 47.5 Å². The Morgan fingerprint density at radius 3 is 2.22 bits per heavy atom. The molecule has 4 aromatic rings. The summed E-state index contributed by atoms with van der Waals surface area (Å²) in [4.78, 5) is 43.2. The molecule has 3 aliphatic rings. The van der Waals surface area contributed by atoms with Crippen LogP contribution >= 0.6 is 11.6 Å². The molecule has 0 amide bonds. The predicted octanol–water partition coefficient (Wildman–Crippen LogP) is 5.74. The molecule has 37 heavy (non-hydrogen) atoms. The van der Waals surface area contributed by atoms with Crippen LogP contribution in [-0.2, 0) is 0 Å². The number of furan rings is 1. The van der Waals surface area contributed by atoms with Gasteiger partial charge < -0.3 is 4.42 Å². The lowest BCUT2D eigenvalue weighted by Crippen LogP contribution is -2.43. The van der Waals surface area contributed by atoms with Crippen LogP contribution in [0.3, 0.4) is 0 Å². The second-order valence-electron chi connectivity index (χ2n) is 9.54. The number of hydrogen-bond donors (Lipinski definition) is 0. The molecule has 180 valence electrons. The van der Waals surface area contributed by atoms with Gasteiger partial charge in [0.1, 0.15) is 17.2 Å². The molecule has 2 aliphatic heterocycles. The Morgan fingerprint density at radius 2 is 1.54 bits per heavy atom. The van der Waals surface area contributed by atoms with Crippen molar-refractivity contribution < 1.29 is 18.8 Å². The zero-order valence-electron chi connectivity index (χ0n) is 19.4. The molecule has 1 saturated heterocycles. The van der Waals surface area contributed by atoms with E-state index in [-0.39, 0.29) is 17.3 Å². The molecule has 3 atom stereocenters. The van der Waals surface area contributed by atoms with Gasteiger partial charge in [0.25, 0.3) is 0 Å². The minimum absolute atomic E-state index is 0.270. The van der Waals surface area contributed by atoms with Crippen LogP contribution < -0.4 is 0 Å². The SMILES string of the molecule is O=C(c1ccc(Cl)cc1)[C@@H]1[C@@H](c2ccco2)C2(C(=O)c3ccccc3C2=O)[C@H]2c3ccccc3C=NN12. The molecule has 0 bridgehead atoms. The minimum atomic E-state index is -1.64. The Kier molecular flexibility index (Phi) is 4.66. The number of fused-ring (bicyclic) bond motifs is 5. The third kappa shape index (κ3) is 2.82. The number of benzene rings is 3. The molecule has 0 N–H and O–H groups in total. The molecule has 1 fully saturated rings. The first-order chi connectivity index (χ1) is 18.0. The van der Waals surface area contributed by atoms with E-state index in [1.54, 1.807) is 71.9 Å². The number of ketones is 3. The zero-order chi connectivity index (χ0) is 25.3. The predicted molar refractivity (Wildman–Crippen MR) is 137 cm³/mol. The van der Waals surface area contributed by atoms with Gasteiger partial charge in [-0.1, -0.05) is 60.1 Å². The summed E-state index contributed by atoms with van der Waals surface area (Å²) in [5.41, 5.74) is 1.06. The monoisotopic (exact) mass is 506 g/mol. The number of nitrogens with zero attached hydrogens (tertiary/aromatic N) is 2. The topological polar surface area (TPSA) is 79.9 Å². The van der Waals surface area contributed by atoms with Crippen molar-refractivity contribution in [3.05, 3.63) is 130 Å². The highest BCUT2D eigenvalue weighted by Crippen LogP contribution is 2.64. The van der Waals surface area contributed by atoms with Crippen LogP contribution in [0.1, 0.15) is 59.9 Å². The summed E-state index contributed by atoms with van der Waals surface area (Å²) < 4.78 is 5.87. The van der Waals surface area contributed by atoms with Gasteiger partial charge in [-0.15, -0.1) is 0 Å². The van der Waals surface area contributed by atoms with Gasteiger partial charge in [-0.25, -0.2) is 0 Å². The summed E-state index contributed by atoms with van der Waals surface area (Å²) >= 11 is 6.09. The highest BCUT2D eigenvalue weighted by atomic mass is 35.5. The van der Waals surface area contributed by atoms with E-state index in [9.17, 15) is 14.4 Å². The Hall–Kier alpha value is -4.29. The van der Waals surface area contributed by atoms with Crippen LogP contribution in [0.25, 0.3) is 0 Å². The summed E-state index contributed by atoms with van der Waals surface area (Å²) in [6.07, 6.45) is 3.18. The Balaban J connectivity index is 1.54. The van der Waals surface area contributed by atoms with Crippen molar-refractivity contribution >= 4 is 35.2 Å². The molecular weight excluding hydrogens is 488 g/mol. The lowest BCUT2D eigenvalue weighted by atomic mass is 9.64. The smallest absolute Gasteiger partial charge is 0.187 e. The number of halogens is 1. The molecule has 0 unspecified atom stereocenters. The van der Waals surface area contributed by atoms with E-state index in [0.717, 1.165) is 11.1 Å². The lowest BCUT2D eigenvalue weighted by Gasteiger charge is -2.36. The quantitative estimate of drug-likeness (QED) is 0.261. The third-order valence-corrected chi connectivity index (χ3v) is 8.07. The molecule has 0 saturated carbocycles. The summed E-state index contributed by atoms with van der Waals surface area (Å²) in [5, 5.41) is 6.85. The average Bonchev–Trinajstić information content (AvgIpc) is 3.62. The molecular formula is C30H19ClN2O4. The molecule has 7 rings (SSSR count). The first-order valence-corrected chi connectivity index (χ1v) is 12.3. The fourth-order valence-electron chi connectivity index (χ4n) is 6.34. The standard InChI is InChI=1S/C30H19ClN2O4/c31-19-13-11-17(12-14-19)26(34)25-24(23-10-5-15-37-23)30(28(35)21-8-3-4-9-22(21)29(30)36)27-20-7-2-1-6-18(20)16-32-33(25)27/h1-16,24-25,27H/t24-,25+,27-/m1/s1. The van der Waals surface area contributed by atoms with E-state index < -0.39 is 23.4 Å².